The van der Waals surface area contributed by atoms with Crippen molar-refractivity contribution in [1.29, 1.82) is 5.26 Å². The molecule has 2 aliphatic rings. The van der Waals surface area contributed by atoms with Crippen LogP contribution >= 0.6 is 0 Å². The number of nitrogens with zero attached hydrogens (tertiary/aromatic N) is 4. The average molecular weight is 411 g/mol. The maximum Gasteiger partial charge on any atom is 0.260 e. The van der Waals surface area contributed by atoms with Gasteiger partial charge in [-0.3, -0.25) is 0 Å². The minimum atomic E-state index is -3.61. The molecule has 6 nitrogen and oxygen atoms in total. The summed E-state index contributed by atoms with van der Waals surface area (Å²) in [5.41, 5.74) is 1.96. The zero-order chi connectivity index (χ0) is 20.3. The molecule has 7 heteroatoms. The van der Waals surface area contributed by atoms with Crippen molar-refractivity contribution in [1.82, 2.24) is 14.2 Å². The van der Waals surface area contributed by atoms with Crippen molar-refractivity contribution in [2.24, 2.45) is 0 Å². The fraction of sp³-hybridized carbons (Fsp3) is 0.455. The van der Waals surface area contributed by atoms with Gasteiger partial charge in [0.2, 0.25) is 0 Å². The van der Waals surface area contributed by atoms with Gasteiger partial charge in [0.1, 0.15) is 0 Å². The van der Waals surface area contributed by atoms with Gasteiger partial charge in [0.05, 0.1) is 17.3 Å². The third-order valence-corrected chi connectivity index (χ3v) is 7.77. The number of hydrogen-bond donors (Lipinski definition) is 0. The van der Waals surface area contributed by atoms with E-state index in [0.717, 1.165) is 31.5 Å². The minimum absolute atomic E-state index is 0.0933. The molecule has 4 rings (SSSR count). The molecule has 2 fully saturated rings. The number of sulfonamides is 1. The van der Waals surface area contributed by atoms with Crippen LogP contribution in [-0.2, 0) is 10.0 Å². The summed E-state index contributed by atoms with van der Waals surface area (Å²) in [7, 11) is -3.61. The topological polar surface area (TPSA) is 77.3 Å². The van der Waals surface area contributed by atoms with Gasteiger partial charge in [0.25, 0.3) is 10.0 Å². The molecular formula is C22H26N4O2S. The molecule has 0 N–H and O–H groups in total. The first kappa shape index (κ1) is 20.0. The summed E-state index contributed by atoms with van der Waals surface area (Å²) in [4.78, 5) is 6.97. The number of piperidine rings is 2. The van der Waals surface area contributed by atoms with Crippen molar-refractivity contribution >= 4 is 10.0 Å². The first-order valence-corrected chi connectivity index (χ1v) is 11.7. The van der Waals surface area contributed by atoms with Crippen LogP contribution in [0.2, 0.25) is 0 Å². The maximum atomic E-state index is 13.2. The average Bonchev–Trinajstić information content (AvgIpc) is 2.80. The number of pyridine rings is 1. The van der Waals surface area contributed by atoms with Crippen LogP contribution in [0, 0.1) is 11.3 Å². The monoisotopic (exact) mass is 410 g/mol. The number of nitriles is 1. The van der Waals surface area contributed by atoms with E-state index in [2.05, 4.69) is 16.0 Å². The van der Waals surface area contributed by atoms with E-state index in [0.29, 0.717) is 30.4 Å². The van der Waals surface area contributed by atoms with Crippen LogP contribution < -0.4 is 0 Å². The van der Waals surface area contributed by atoms with Crippen molar-refractivity contribution in [3.63, 3.8) is 0 Å². The molecule has 2 aromatic rings. The van der Waals surface area contributed by atoms with Crippen molar-refractivity contribution in [2.75, 3.05) is 26.2 Å². The second kappa shape index (κ2) is 8.62. The van der Waals surface area contributed by atoms with Gasteiger partial charge in [-0.05, 0) is 63.0 Å². The second-order valence-corrected chi connectivity index (χ2v) is 9.67. The van der Waals surface area contributed by atoms with Crippen LogP contribution in [0.15, 0.2) is 47.5 Å². The van der Waals surface area contributed by atoms with E-state index in [-0.39, 0.29) is 5.03 Å². The normalized spacial score (nSPS) is 19.7. The molecular weight excluding hydrogens is 384 g/mol. The largest absolute Gasteiger partial charge is 0.300 e. The minimum Gasteiger partial charge on any atom is -0.300 e. The fourth-order valence-corrected chi connectivity index (χ4v) is 5.72. The Bertz CT molecular complexity index is 984. The van der Waals surface area contributed by atoms with Crippen molar-refractivity contribution < 1.29 is 8.42 Å². The van der Waals surface area contributed by atoms with Crippen LogP contribution in [0.25, 0.3) is 11.3 Å². The standard InChI is InChI=1S/C22H26N4O2S/c23-17-18-7-9-19(10-8-18)21-5-4-6-22(24-21)29(27,28)26-15-11-20(12-16-26)25-13-2-1-3-14-25/h4-10,20H,1-3,11-16H2. The molecule has 0 saturated carbocycles. The van der Waals surface area contributed by atoms with Gasteiger partial charge in [-0.1, -0.05) is 24.6 Å². The molecule has 0 spiro atoms. The molecule has 152 valence electrons. The smallest absolute Gasteiger partial charge is 0.260 e. The predicted octanol–water partition coefficient (Wildman–Crippen LogP) is 3.26. The SMILES string of the molecule is N#Cc1ccc(-c2cccc(S(=O)(=O)N3CCC(N4CCCCC4)CC3)n2)cc1. The second-order valence-electron chi connectivity index (χ2n) is 7.78. The molecule has 2 saturated heterocycles. The van der Waals surface area contributed by atoms with Crippen molar-refractivity contribution in [3.05, 3.63) is 48.0 Å². The fourth-order valence-electron chi connectivity index (χ4n) is 4.30. The van der Waals surface area contributed by atoms with E-state index < -0.39 is 10.0 Å². The lowest BCUT2D eigenvalue weighted by Gasteiger charge is -2.39. The number of benzene rings is 1. The third-order valence-electron chi connectivity index (χ3n) is 5.97. The van der Waals surface area contributed by atoms with Gasteiger partial charge >= 0.3 is 0 Å². The number of rotatable bonds is 4. The molecule has 1 aromatic heterocycles. The molecule has 0 aliphatic carbocycles. The molecule has 0 amide bonds. The molecule has 3 heterocycles. The summed E-state index contributed by atoms with van der Waals surface area (Å²) in [6.45, 7) is 3.38. The highest BCUT2D eigenvalue weighted by molar-refractivity contribution is 7.89. The van der Waals surface area contributed by atoms with Crippen molar-refractivity contribution in [3.8, 4) is 17.3 Å². The summed E-state index contributed by atoms with van der Waals surface area (Å²) in [5.74, 6) is 0. The lowest BCUT2D eigenvalue weighted by Crippen LogP contribution is -2.48. The third kappa shape index (κ3) is 4.35. The zero-order valence-corrected chi connectivity index (χ0v) is 17.3. The highest BCUT2D eigenvalue weighted by Crippen LogP contribution is 2.26. The molecule has 0 unspecified atom stereocenters. The van der Waals surface area contributed by atoms with Crippen LogP contribution in [0.4, 0.5) is 0 Å². The van der Waals surface area contributed by atoms with Gasteiger partial charge in [0, 0.05) is 24.7 Å². The molecule has 0 radical (unpaired) electrons. The molecule has 2 aliphatic heterocycles. The Kier molecular flexibility index (Phi) is 5.95. The predicted molar refractivity (Wildman–Crippen MR) is 112 cm³/mol. The Morgan fingerprint density at radius 2 is 1.62 bits per heavy atom. The van der Waals surface area contributed by atoms with E-state index in [1.165, 1.54) is 19.3 Å². The van der Waals surface area contributed by atoms with Crippen LogP contribution in [0.3, 0.4) is 0 Å². The maximum absolute atomic E-state index is 13.2. The van der Waals surface area contributed by atoms with E-state index in [1.54, 1.807) is 46.8 Å². The Balaban J connectivity index is 1.48. The van der Waals surface area contributed by atoms with Crippen LogP contribution in [-0.4, -0.2) is 54.8 Å². The molecule has 29 heavy (non-hydrogen) atoms. The molecule has 0 atom stereocenters. The number of likely N-dealkylation sites (tertiary alicyclic amines) is 1. The van der Waals surface area contributed by atoms with Crippen molar-refractivity contribution in [2.45, 2.75) is 43.2 Å². The molecule has 1 aromatic carbocycles. The van der Waals surface area contributed by atoms with E-state index in [1.807, 2.05) is 0 Å². The lowest BCUT2D eigenvalue weighted by molar-refractivity contribution is 0.117. The Morgan fingerprint density at radius 3 is 2.28 bits per heavy atom. The highest BCUT2D eigenvalue weighted by atomic mass is 32.2. The Hall–Kier alpha value is -2.27. The quantitative estimate of drug-likeness (QED) is 0.773. The summed E-state index contributed by atoms with van der Waals surface area (Å²) in [6, 6.07) is 14.7. The van der Waals surface area contributed by atoms with Gasteiger partial charge < -0.3 is 4.90 Å². The summed E-state index contributed by atoms with van der Waals surface area (Å²) >= 11 is 0. The Morgan fingerprint density at radius 1 is 0.931 bits per heavy atom. The first-order chi connectivity index (χ1) is 14.1. The summed E-state index contributed by atoms with van der Waals surface area (Å²) in [6.07, 6.45) is 5.59. The van der Waals surface area contributed by atoms with Gasteiger partial charge in [-0.2, -0.15) is 9.57 Å². The molecule has 0 bridgehead atoms. The number of hydrogen-bond acceptors (Lipinski definition) is 5. The highest BCUT2D eigenvalue weighted by Gasteiger charge is 2.32. The van der Waals surface area contributed by atoms with E-state index in [4.69, 9.17) is 5.26 Å². The van der Waals surface area contributed by atoms with Crippen LogP contribution in [0.5, 0.6) is 0 Å². The summed E-state index contributed by atoms with van der Waals surface area (Å²) in [5, 5.41) is 9.04. The lowest BCUT2D eigenvalue weighted by atomic mass is 10.0. The number of aromatic nitrogens is 1. The zero-order valence-electron chi connectivity index (χ0n) is 16.5. The first-order valence-electron chi connectivity index (χ1n) is 10.3. The van der Waals surface area contributed by atoms with Crippen LogP contribution in [0.1, 0.15) is 37.7 Å². The van der Waals surface area contributed by atoms with Gasteiger partial charge in [0.15, 0.2) is 5.03 Å². The van der Waals surface area contributed by atoms with E-state index >= 15 is 0 Å². The van der Waals surface area contributed by atoms with E-state index in [9.17, 15) is 8.42 Å². The van der Waals surface area contributed by atoms with Gasteiger partial charge in [-0.25, -0.2) is 13.4 Å². The van der Waals surface area contributed by atoms with Gasteiger partial charge in [-0.15, -0.1) is 0 Å². The Labute approximate surface area is 172 Å². The summed E-state index contributed by atoms with van der Waals surface area (Å²) < 4.78 is 27.9.